The fourth-order valence-electron chi connectivity index (χ4n) is 4.98. The van der Waals surface area contributed by atoms with Gasteiger partial charge in [-0.3, -0.25) is 19.2 Å². The highest BCUT2D eigenvalue weighted by atomic mass is 35.5. The number of halogens is 1. The van der Waals surface area contributed by atoms with Crippen LogP contribution in [0.5, 0.6) is 0 Å². The van der Waals surface area contributed by atoms with Crippen molar-refractivity contribution in [3.05, 3.63) is 123 Å². The summed E-state index contributed by atoms with van der Waals surface area (Å²) in [6.45, 7) is 0. The van der Waals surface area contributed by atoms with Gasteiger partial charge in [0.15, 0.2) is 17.3 Å². The molecule has 4 aromatic carbocycles. The third-order valence-corrected chi connectivity index (χ3v) is 6.97. The standard InChI is InChI=1S/C18H10ClNO2.C14H8O2/c19-18(22)13-3-1-2-10-5-7-15-14(17(10)13)8-11-4-6-12(21)9-16(11)20-15;15-13-9-5-1-2-6-10(9)14(16)12-8-4-3-7-11(12)13/h1-5,7-9H,6H2;1-8H. The van der Waals surface area contributed by atoms with E-state index in [-0.39, 0.29) is 17.3 Å². The van der Waals surface area contributed by atoms with Crippen LogP contribution in [0.25, 0.3) is 33.8 Å². The maximum atomic E-state index is 12.1. The first-order valence-corrected chi connectivity index (χ1v) is 12.3. The summed E-state index contributed by atoms with van der Waals surface area (Å²) in [5.41, 5.74) is 3.24. The van der Waals surface area contributed by atoms with Crippen molar-refractivity contribution in [2.24, 2.45) is 0 Å². The van der Waals surface area contributed by atoms with Crippen molar-refractivity contribution in [1.82, 2.24) is 4.98 Å². The van der Waals surface area contributed by atoms with E-state index in [9.17, 15) is 19.2 Å². The minimum absolute atomic E-state index is 0.0526. The molecule has 1 heterocycles. The Morgan fingerprint density at radius 1 is 0.737 bits per heavy atom. The molecule has 38 heavy (non-hydrogen) atoms. The summed E-state index contributed by atoms with van der Waals surface area (Å²) in [6, 6.07) is 25.2. The number of fused-ring (bicyclic) bond motifs is 6. The average molecular weight is 516 g/mol. The number of pyridine rings is 1. The Labute approximate surface area is 221 Å². The van der Waals surface area contributed by atoms with Crippen molar-refractivity contribution < 1.29 is 19.2 Å². The van der Waals surface area contributed by atoms with E-state index in [1.165, 1.54) is 0 Å². The molecule has 0 saturated carbocycles. The summed E-state index contributed by atoms with van der Waals surface area (Å²) < 4.78 is 0. The number of carbonyl (C=O) groups is 4. The minimum atomic E-state index is -0.485. The molecule has 7 rings (SSSR count). The average Bonchev–Trinajstić information content (AvgIpc) is 2.94. The van der Waals surface area contributed by atoms with Gasteiger partial charge in [0.2, 0.25) is 0 Å². The van der Waals surface area contributed by atoms with E-state index < -0.39 is 5.24 Å². The zero-order chi connectivity index (χ0) is 26.4. The van der Waals surface area contributed by atoms with Crippen LogP contribution >= 0.6 is 11.6 Å². The molecule has 6 heteroatoms. The van der Waals surface area contributed by atoms with Crippen LogP contribution in [-0.4, -0.2) is 27.6 Å². The second-order valence-electron chi connectivity index (χ2n) is 9.04. The van der Waals surface area contributed by atoms with E-state index in [4.69, 9.17) is 11.6 Å². The second-order valence-corrected chi connectivity index (χ2v) is 9.38. The number of hydrogen-bond acceptors (Lipinski definition) is 5. The lowest BCUT2D eigenvalue weighted by Crippen LogP contribution is -2.32. The fraction of sp³-hybridized carbons (Fsp3) is 0.0312. The van der Waals surface area contributed by atoms with Crippen LogP contribution in [0.3, 0.4) is 0 Å². The highest BCUT2D eigenvalue weighted by Gasteiger charge is 2.28. The van der Waals surface area contributed by atoms with Gasteiger partial charge in [0.05, 0.1) is 10.9 Å². The molecule has 0 atom stereocenters. The Kier molecular flexibility index (Phi) is 5.78. The van der Waals surface area contributed by atoms with Gasteiger partial charge in [0.1, 0.15) is 0 Å². The molecule has 0 amide bonds. The molecule has 0 spiro atoms. The molecule has 2 aliphatic carbocycles. The summed E-state index contributed by atoms with van der Waals surface area (Å²) in [4.78, 5) is 52.0. The molecular weight excluding hydrogens is 498 g/mol. The molecule has 0 fully saturated rings. The third-order valence-electron chi connectivity index (χ3n) is 6.76. The summed E-state index contributed by atoms with van der Waals surface area (Å²) in [6.07, 6.45) is 3.82. The van der Waals surface area contributed by atoms with Gasteiger partial charge in [-0.2, -0.15) is 0 Å². The van der Waals surface area contributed by atoms with Crippen molar-refractivity contribution in [1.29, 1.82) is 0 Å². The predicted octanol–water partition coefficient (Wildman–Crippen LogP) is 4.76. The number of aromatic nitrogens is 1. The zero-order valence-corrected chi connectivity index (χ0v) is 20.7. The van der Waals surface area contributed by atoms with Gasteiger partial charge in [-0.15, -0.1) is 0 Å². The molecule has 0 saturated heterocycles. The molecule has 0 bridgehead atoms. The van der Waals surface area contributed by atoms with Gasteiger partial charge in [-0.25, -0.2) is 4.98 Å². The molecule has 0 aliphatic heterocycles. The summed E-state index contributed by atoms with van der Waals surface area (Å²) >= 11 is 5.73. The molecular formula is C32H18ClNO4. The SMILES string of the molecule is O=C1C=c2nc3ccc4cccc(C(=O)Cl)c4c3cc2=CC1.O=C1c2ccccc2C(=O)c2ccccc21. The van der Waals surface area contributed by atoms with Crippen LogP contribution < -0.4 is 10.6 Å². The molecule has 0 unspecified atom stereocenters. The molecule has 2 aliphatic rings. The lowest BCUT2D eigenvalue weighted by Gasteiger charge is -2.16. The summed E-state index contributed by atoms with van der Waals surface area (Å²) in [7, 11) is 0. The number of rotatable bonds is 1. The van der Waals surface area contributed by atoms with Gasteiger partial charge in [-0.05, 0) is 40.4 Å². The Morgan fingerprint density at radius 3 is 1.92 bits per heavy atom. The molecule has 0 radical (unpaired) electrons. The zero-order valence-electron chi connectivity index (χ0n) is 19.9. The maximum Gasteiger partial charge on any atom is 0.253 e. The first-order valence-electron chi connectivity index (χ1n) is 12.0. The first kappa shape index (κ1) is 23.6. The quantitative estimate of drug-likeness (QED) is 0.233. The molecule has 5 aromatic rings. The van der Waals surface area contributed by atoms with Crippen molar-refractivity contribution >= 4 is 68.0 Å². The highest BCUT2D eigenvalue weighted by Crippen LogP contribution is 2.28. The first-order chi connectivity index (χ1) is 18.4. The van der Waals surface area contributed by atoms with Crippen LogP contribution in [0.2, 0.25) is 0 Å². The number of benzene rings is 4. The predicted molar refractivity (Wildman–Crippen MR) is 147 cm³/mol. The van der Waals surface area contributed by atoms with Crippen LogP contribution in [0.15, 0.2) is 84.9 Å². The second kappa shape index (κ2) is 9.29. The Morgan fingerprint density at radius 2 is 1.34 bits per heavy atom. The van der Waals surface area contributed by atoms with E-state index in [2.05, 4.69) is 4.98 Å². The Bertz CT molecular complexity index is 1890. The van der Waals surface area contributed by atoms with E-state index in [0.717, 1.165) is 26.9 Å². The number of carbonyl (C=O) groups excluding carboxylic acids is 4. The van der Waals surface area contributed by atoms with E-state index >= 15 is 0 Å². The number of nitrogens with zero attached hydrogens (tertiary/aromatic N) is 1. The largest absolute Gasteiger partial charge is 0.294 e. The Hall–Kier alpha value is -4.74. The summed E-state index contributed by atoms with van der Waals surface area (Å²) in [5.74, 6) is -0.0756. The fourth-order valence-corrected chi connectivity index (χ4v) is 5.13. The summed E-state index contributed by atoms with van der Waals surface area (Å²) in [5, 5.41) is 3.73. The van der Waals surface area contributed by atoms with Crippen molar-refractivity contribution in [3.63, 3.8) is 0 Å². The van der Waals surface area contributed by atoms with Gasteiger partial charge in [-0.1, -0.05) is 72.8 Å². The highest BCUT2D eigenvalue weighted by molar-refractivity contribution is 6.69. The lowest BCUT2D eigenvalue weighted by molar-refractivity contribution is -0.112. The number of hydrogen-bond donors (Lipinski definition) is 0. The Balaban J connectivity index is 0.000000146. The smallest absolute Gasteiger partial charge is 0.253 e. The van der Waals surface area contributed by atoms with E-state index in [0.29, 0.717) is 39.6 Å². The third kappa shape index (κ3) is 3.94. The van der Waals surface area contributed by atoms with Gasteiger partial charge < -0.3 is 0 Å². The van der Waals surface area contributed by atoms with Gasteiger partial charge in [0.25, 0.3) is 5.24 Å². The number of Topliss-reactive ketones (excluding diaryl/α,β-unsaturated/α-hetero) is 1. The van der Waals surface area contributed by atoms with E-state index in [1.54, 1.807) is 60.7 Å². The van der Waals surface area contributed by atoms with E-state index in [1.807, 2.05) is 36.4 Å². The molecule has 0 N–H and O–H groups in total. The minimum Gasteiger partial charge on any atom is -0.294 e. The topological polar surface area (TPSA) is 81.2 Å². The van der Waals surface area contributed by atoms with Crippen LogP contribution in [0.4, 0.5) is 0 Å². The van der Waals surface area contributed by atoms with Gasteiger partial charge >= 0.3 is 0 Å². The van der Waals surface area contributed by atoms with Crippen LogP contribution in [0, 0.1) is 0 Å². The van der Waals surface area contributed by atoms with Gasteiger partial charge in [0, 0.05) is 51.1 Å². The lowest BCUT2D eigenvalue weighted by atomic mass is 9.84. The monoisotopic (exact) mass is 515 g/mol. The molecule has 5 nitrogen and oxygen atoms in total. The van der Waals surface area contributed by atoms with Crippen molar-refractivity contribution in [2.75, 3.05) is 0 Å². The normalized spacial score (nSPS) is 13.4. The molecule has 182 valence electrons. The van der Waals surface area contributed by atoms with Crippen LogP contribution in [0.1, 0.15) is 48.6 Å². The maximum absolute atomic E-state index is 12.1. The van der Waals surface area contributed by atoms with Crippen molar-refractivity contribution in [3.8, 4) is 0 Å². The number of ketones is 3. The van der Waals surface area contributed by atoms with Crippen molar-refractivity contribution in [2.45, 2.75) is 6.42 Å². The van der Waals surface area contributed by atoms with Crippen LogP contribution in [-0.2, 0) is 4.79 Å². The molecule has 1 aromatic heterocycles.